The monoisotopic (exact) mass is 283 g/mol. The van der Waals surface area contributed by atoms with E-state index in [0.717, 1.165) is 5.39 Å². The highest BCUT2D eigenvalue weighted by Gasteiger charge is 2.32. The number of nitrogens with zero attached hydrogens (tertiary/aromatic N) is 2. The number of imide groups is 1. The third-order valence-corrected chi connectivity index (χ3v) is 3.80. The van der Waals surface area contributed by atoms with Gasteiger partial charge in [0.1, 0.15) is 0 Å². The number of hydrogen-bond acceptors (Lipinski definition) is 4. The molecule has 5 heteroatoms. The minimum Gasteiger partial charge on any atom is -0.398 e. The number of amides is 2. The second-order valence-electron chi connectivity index (χ2n) is 5.50. The maximum atomic E-state index is 12.6. The summed E-state index contributed by atoms with van der Waals surface area (Å²) in [4.78, 5) is 28.4. The molecule has 0 spiro atoms. The van der Waals surface area contributed by atoms with Gasteiger partial charge in [0, 0.05) is 40.7 Å². The molecule has 21 heavy (non-hydrogen) atoms. The van der Waals surface area contributed by atoms with Crippen LogP contribution < -0.4 is 5.73 Å². The Hall–Kier alpha value is -2.40. The molecule has 108 valence electrons. The zero-order valence-corrected chi connectivity index (χ0v) is 12.1. The first kappa shape index (κ1) is 13.6. The van der Waals surface area contributed by atoms with Gasteiger partial charge in [0.05, 0.1) is 0 Å². The van der Waals surface area contributed by atoms with Crippen molar-refractivity contribution in [3.63, 3.8) is 0 Å². The minimum absolute atomic E-state index is 0.245. The van der Waals surface area contributed by atoms with Crippen LogP contribution in [0.25, 0.3) is 10.8 Å². The van der Waals surface area contributed by atoms with Crippen molar-refractivity contribution < 1.29 is 9.59 Å². The van der Waals surface area contributed by atoms with Crippen molar-refractivity contribution in [3.8, 4) is 0 Å². The smallest absolute Gasteiger partial charge is 0.261 e. The number of carbonyl (C=O) groups excluding carboxylic acids is 2. The van der Waals surface area contributed by atoms with Gasteiger partial charge in [-0.3, -0.25) is 14.5 Å². The number of nitrogens with two attached hydrogens (primary N) is 1. The molecule has 0 unspecified atom stereocenters. The molecule has 0 bridgehead atoms. The maximum Gasteiger partial charge on any atom is 0.261 e. The van der Waals surface area contributed by atoms with Crippen LogP contribution in [0, 0.1) is 0 Å². The van der Waals surface area contributed by atoms with E-state index in [9.17, 15) is 9.59 Å². The molecule has 0 aromatic heterocycles. The van der Waals surface area contributed by atoms with Gasteiger partial charge < -0.3 is 10.6 Å². The third-order valence-electron chi connectivity index (χ3n) is 3.80. The predicted octanol–water partition coefficient (Wildman–Crippen LogP) is 1.58. The van der Waals surface area contributed by atoms with E-state index < -0.39 is 0 Å². The zero-order chi connectivity index (χ0) is 15.1. The van der Waals surface area contributed by atoms with Crippen molar-refractivity contribution >= 4 is 28.3 Å². The van der Waals surface area contributed by atoms with Crippen molar-refractivity contribution in [2.75, 3.05) is 32.9 Å². The Labute approximate surface area is 122 Å². The molecule has 2 aromatic carbocycles. The van der Waals surface area contributed by atoms with E-state index in [-0.39, 0.29) is 11.8 Å². The Kier molecular flexibility index (Phi) is 3.14. The molecule has 0 saturated carbocycles. The van der Waals surface area contributed by atoms with Crippen molar-refractivity contribution in [1.82, 2.24) is 9.80 Å². The van der Waals surface area contributed by atoms with Gasteiger partial charge in [-0.15, -0.1) is 0 Å². The van der Waals surface area contributed by atoms with Crippen LogP contribution in [0.5, 0.6) is 0 Å². The first-order valence-electron chi connectivity index (χ1n) is 6.83. The molecule has 0 fully saturated rings. The summed E-state index contributed by atoms with van der Waals surface area (Å²) in [5.74, 6) is -0.490. The molecule has 2 N–H and O–H groups in total. The summed E-state index contributed by atoms with van der Waals surface area (Å²) in [6, 6.07) is 8.82. The SMILES string of the molecule is CN(C)CCN1C(=O)c2cccc3c(N)ccc(c23)C1=O. The summed E-state index contributed by atoms with van der Waals surface area (Å²) in [7, 11) is 3.82. The maximum absolute atomic E-state index is 12.6. The summed E-state index contributed by atoms with van der Waals surface area (Å²) >= 11 is 0. The second-order valence-corrected chi connectivity index (χ2v) is 5.50. The number of hydrogen-bond donors (Lipinski definition) is 1. The summed E-state index contributed by atoms with van der Waals surface area (Å²) < 4.78 is 0. The summed E-state index contributed by atoms with van der Waals surface area (Å²) in [5.41, 5.74) is 7.63. The third kappa shape index (κ3) is 2.06. The molecule has 2 amide bonds. The normalized spacial score (nSPS) is 14.3. The van der Waals surface area contributed by atoms with E-state index in [4.69, 9.17) is 5.73 Å². The van der Waals surface area contributed by atoms with Crippen LogP contribution in [0.1, 0.15) is 20.7 Å². The van der Waals surface area contributed by atoms with Gasteiger partial charge in [-0.05, 0) is 32.3 Å². The average Bonchev–Trinajstić information content (AvgIpc) is 2.45. The fourth-order valence-electron chi connectivity index (χ4n) is 2.67. The van der Waals surface area contributed by atoms with Gasteiger partial charge >= 0.3 is 0 Å². The van der Waals surface area contributed by atoms with E-state index >= 15 is 0 Å². The topological polar surface area (TPSA) is 66.6 Å². The predicted molar refractivity (Wildman–Crippen MR) is 82.3 cm³/mol. The highest BCUT2D eigenvalue weighted by molar-refractivity contribution is 6.26. The number of anilines is 1. The molecule has 3 rings (SSSR count). The number of likely N-dealkylation sites (N-methyl/N-ethyl adjacent to an activating group) is 1. The van der Waals surface area contributed by atoms with Gasteiger partial charge in [-0.2, -0.15) is 0 Å². The number of rotatable bonds is 3. The Morgan fingerprint density at radius 1 is 1.05 bits per heavy atom. The fraction of sp³-hybridized carbons (Fsp3) is 0.250. The lowest BCUT2D eigenvalue weighted by atomic mass is 9.93. The van der Waals surface area contributed by atoms with Crippen molar-refractivity contribution in [2.45, 2.75) is 0 Å². The van der Waals surface area contributed by atoms with Crippen LogP contribution in [-0.4, -0.2) is 48.8 Å². The van der Waals surface area contributed by atoms with Gasteiger partial charge in [0.15, 0.2) is 0 Å². The minimum atomic E-state index is -0.245. The largest absolute Gasteiger partial charge is 0.398 e. The molecule has 1 heterocycles. The highest BCUT2D eigenvalue weighted by atomic mass is 16.2. The van der Waals surface area contributed by atoms with Gasteiger partial charge in [0.25, 0.3) is 11.8 Å². The first-order valence-corrected chi connectivity index (χ1v) is 6.83. The molecule has 0 aliphatic carbocycles. The van der Waals surface area contributed by atoms with Gasteiger partial charge in [0.2, 0.25) is 0 Å². The van der Waals surface area contributed by atoms with Crippen LogP contribution in [0.15, 0.2) is 30.3 Å². The van der Waals surface area contributed by atoms with Crippen molar-refractivity contribution in [3.05, 3.63) is 41.5 Å². The summed E-state index contributed by atoms with van der Waals surface area (Å²) in [6.45, 7) is 1.02. The van der Waals surface area contributed by atoms with Crippen LogP contribution >= 0.6 is 0 Å². The lowest BCUT2D eigenvalue weighted by Gasteiger charge is -2.28. The van der Waals surface area contributed by atoms with Gasteiger partial charge in [-0.1, -0.05) is 12.1 Å². The van der Waals surface area contributed by atoms with E-state index in [0.29, 0.717) is 35.3 Å². The Bertz CT molecular complexity index is 730. The summed E-state index contributed by atoms with van der Waals surface area (Å²) in [6.07, 6.45) is 0. The van der Waals surface area contributed by atoms with Gasteiger partial charge in [-0.25, -0.2) is 0 Å². The Morgan fingerprint density at radius 2 is 1.71 bits per heavy atom. The fourth-order valence-corrected chi connectivity index (χ4v) is 2.67. The molecule has 0 atom stereocenters. The van der Waals surface area contributed by atoms with Crippen LogP contribution in [0.3, 0.4) is 0 Å². The van der Waals surface area contributed by atoms with Crippen molar-refractivity contribution in [2.24, 2.45) is 0 Å². The quantitative estimate of drug-likeness (QED) is 0.686. The number of nitrogen functional groups attached to an aromatic ring is 1. The van der Waals surface area contributed by atoms with E-state index in [1.54, 1.807) is 24.3 Å². The standard InChI is InChI=1S/C16H17N3O2/c1-18(2)8-9-19-15(20)11-5-3-4-10-13(17)7-6-12(14(10)11)16(19)21/h3-7H,8-9,17H2,1-2H3. The molecule has 5 nitrogen and oxygen atoms in total. The Balaban J connectivity index is 2.15. The lowest BCUT2D eigenvalue weighted by Crippen LogP contribution is -2.43. The molecular weight excluding hydrogens is 266 g/mol. The van der Waals surface area contributed by atoms with Crippen LogP contribution in [-0.2, 0) is 0 Å². The van der Waals surface area contributed by atoms with E-state index in [2.05, 4.69) is 0 Å². The van der Waals surface area contributed by atoms with E-state index in [1.807, 2.05) is 25.1 Å². The second kappa shape index (κ2) is 4.86. The first-order chi connectivity index (χ1) is 10.0. The molecule has 1 aliphatic heterocycles. The average molecular weight is 283 g/mol. The molecular formula is C16H17N3O2. The molecule has 0 radical (unpaired) electrons. The lowest BCUT2D eigenvalue weighted by molar-refractivity contribution is 0.0601. The highest BCUT2D eigenvalue weighted by Crippen LogP contribution is 2.32. The number of benzene rings is 2. The molecule has 1 aliphatic rings. The molecule has 2 aromatic rings. The molecule has 0 saturated heterocycles. The van der Waals surface area contributed by atoms with E-state index in [1.165, 1.54) is 4.90 Å². The Morgan fingerprint density at radius 3 is 2.38 bits per heavy atom. The zero-order valence-electron chi connectivity index (χ0n) is 12.1. The van der Waals surface area contributed by atoms with Crippen molar-refractivity contribution in [1.29, 1.82) is 0 Å². The van der Waals surface area contributed by atoms with Crippen LogP contribution in [0.2, 0.25) is 0 Å². The van der Waals surface area contributed by atoms with Crippen LogP contribution in [0.4, 0.5) is 5.69 Å². The number of carbonyl (C=O) groups is 2. The summed E-state index contributed by atoms with van der Waals surface area (Å²) in [5, 5.41) is 1.44.